The first-order valence-corrected chi connectivity index (χ1v) is 5.71. The molecule has 4 nitrogen and oxygen atoms in total. The van der Waals surface area contributed by atoms with Gasteiger partial charge in [-0.05, 0) is 19.8 Å². The lowest BCUT2D eigenvalue weighted by atomic mass is 9.66. The molecule has 3 unspecified atom stereocenters. The number of hydrogen-bond donors (Lipinski definition) is 0. The molecule has 0 aromatic carbocycles. The van der Waals surface area contributed by atoms with Gasteiger partial charge >= 0.3 is 5.97 Å². The van der Waals surface area contributed by atoms with E-state index in [9.17, 15) is 9.59 Å². The number of cyclic esters (lactones) is 1. The minimum absolute atomic E-state index is 0.0843. The van der Waals surface area contributed by atoms with Gasteiger partial charge in [-0.2, -0.15) is 0 Å². The van der Waals surface area contributed by atoms with E-state index in [0.29, 0.717) is 6.61 Å². The molecule has 2 aliphatic rings. The molecule has 0 spiro atoms. The minimum Gasteiger partial charge on any atom is -0.465 e. The lowest BCUT2D eigenvalue weighted by Crippen LogP contribution is -2.43. The van der Waals surface area contributed by atoms with Crippen LogP contribution in [-0.2, 0) is 14.3 Å². The van der Waals surface area contributed by atoms with E-state index in [2.05, 4.69) is 0 Å². The molecular formula is C12H19NO3. The molecule has 1 saturated heterocycles. The predicted molar refractivity (Wildman–Crippen MR) is 58.6 cm³/mol. The Kier molecular flexibility index (Phi) is 2.30. The van der Waals surface area contributed by atoms with Gasteiger partial charge in [0.25, 0.3) is 0 Å². The van der Waals surface area contributed by atoms with Crippen molar-refractivity contribution in [2.75, 3.05) is 20.7 Å². The van der Waals surface area contributed by atoms with Gasteiger partial charge in [-0.3, -0.25) is 9.59 Å². The standard InChI is InChI=1S/C12H19NO3/c1-11-6-5-8(9(14)13(3)4)12(11,2)7-16-10(11)15/h8H,5-7H2,1-4H3. The van der Waals surface area contributed by atoms with Crippen molar-refractivity contribution in [2.45, 2.75) is 26.7 Å². The maximum absolute atomic E-state index is 12.1. The Labute approximate surface area is 95.9 Å². The molecule has 1 aliphatic heterocycles. The molecule has 2 fully saturated rings. The second-order valence-electron chi connectivity index (χ2n) is 5.65. The van der Waals surface area contributed by atoms with Crippen molar-refractivity contribution < 1.29 is 14.3 Å². The number of ether oxygens (including phenoxy) is 1. The number of amides is 1. The van der Waals surface area contributed by atoms with Crippen molar-refractivity contribution in [3.8, 4) is 0 Å². The Bertz CT molecular complexity index is 352. The first kappa shape index (κ1) is 11.4. The Balaban J connectivity index is 2.34. The topological polar surface area (TPSA) is 46.6 Å². The average Bonchev–Trinajstić information content (AvgIpc) is 2.60. The molecule has 0 aromatic heterocycles. The summed E-state index contributed by atoms with van der Waals surface area (Å²) in [7, 11) is 3.53. The van der Waals surface area contributed by atoms with Crippen molar-refractivity contribution in [2.24, 2.45) is 16.7 Å². The summed E-state index contributed by atoms with van der Waals surface area (Å²) in [5, 5.41) is 0. The third-order valence-electron chi connectivity index (χ3n) is 4.66. The SMILES string of the molecule is CN(C)C(=O)C1CCC2(C)C(=O)OCC12C. The summed E-state index contributed by atoms with van der Waals surface area (Å²) >= 11 is 0. The quantitative estimate of drug-likeness (QED) is 0.627. The van der Waals surface area contributed by atoms with Gasteiger partial charge in [-0.25, -0.2) is 0 Å². The molecule has 1 amide bonds. The second kappa shape index (κ2) is 3.22. The van der Waals surface area contributed by atoms with E-state index in [4.69, 9.17) is 4.74 Å². The first-order valence-electron chi connectivity index (χ1n) is 5.71. The maximum atomic E-state index is 12.1. The summed E-state index contributed by atoms with van der Waals surface area (Å²) in [5.41, 5.74) is -0.797. The third-order valence-corrected chi connectivity index (χ3v) is 4.66. The zero-order valence-corrected chi connectivity index (χ0v) is 10.4. The van der Waals surface area contributed by atoms with Crippen LogP contribution in [0.1, 0.15) is 26.7 Å². The lowest BCUT2D eigenvalue weighted by Gasteiger charge is -2.34. The van der Waals surface area contributed by atoms with Crippen molar-refractivity contribution in [1.29, 1.82) is 0 Å². The van der Waals surface area contributed by atoms with Crippen LogP contribution in [0.4, 0.5) is 0 Å². The number of carbonyl (C=O) groups excluding carboxylic acids is 2. The summed E-state index contributed by atoms with van der Waals surface area (Å²) in [6, 6.07) is 0. The highest BCUT2D eigenvalue weighted by atomic mass is 16.5. The highest BCUT2D eigenvalue weighted by Gasteiger charge is 2.65. The van der Waals surface area contributed by atoms with E-state index in [1.165, 1.54) is 0 Å². The number of rotatable bonds is 1. The summed E-state index contributed by atoms with van der Waals surface area (Å²) in [6.45, 7) is 4.33. The zero-order valence-electron chi connectivity index (χ0n) is 10.4. The summed E-state index contributed by atoms with van der Waals surface area (Å²) in [4.78, 5) is 25.5. The molecular weight excluding hydrogens is 206 g/mol. The molecule has 1 aliphatic carbocycles. The predicted octanol–water partition coefficient (Wildman–Crippen LogP) is 1.05. The van der Waals surface area contributed by atoms with Crippen molar-refractivity contribution in [3.63, 3.8) is 0 Å². The third kappa shape index (κ3) is 1.16. The Morgan fingerprint density at radius 2 is 2.06 bits per heavy atom. The monoisotopic (exact) mass is 225 g/mol. The largest absolute Gasteiger partial charge is 0.465 e. The first-order chi connectivity index (χ1) is 7.33. The molecule has 0 N–H and O–H groups in total. The van der Waals surface area contributed by atoms with Gasteiger partial charge in [0.2, 0.25) is 5.91 Å². The number of nitrogens with zero attached hydrogens (tertiary/aromatic N) is 1. The lowest BCUT2D eigenvalue weighted by molar-refractivity contribution is -0.146. The van der Waals surface area contributed by atoms with Crippen molar-refractivity contribution >= 4 is 11.9 Å². The Morgan fingerprint density at radius 3 is 2.62 bits per heavy atom. The molecule has 90 valence electrons. The zero-order chi connectivity index (χ0) is 12.1. The van der Waals surface area contributed by atoms with Crippen LogP contribution < -0.4 is 0 Å². The van der Waals surface area contributed by atoms with Gasteiger partial charge < -0.3 is 9.64 Å². The molecule has 1 heterocycles. The summed E-state index contributed by atoms with van der Waals surface area (Å²) in [5.74, 6) is -0.104. The molecule has 0 bridgehead atoms. The fourth-order valence-electron chi connectivity index (χ4n) is 3.10. The van der Waals surface area contributed by atoms with Gasteiger partial charge in [0, 0.05) is 25.4 Å². The summed E-state index contributed by atoms with van der Waals surface area (Å²) in [6.07, 6.45) is 1.55. The summed E-state index contributed by atoms with van der Waals surface area (Å²) < 4.78 is 5.18. The van der Waals surface area contributed by atoms with Gasteiger partial charge in [-0.15, -0.1) is 0 Å². The van der Waals surface area contributed by atoms with E-state index in [1.807, 2.05) is 13.8 Å². The highest BCUT2D eigenvalue weighted by Crippen LogP contribution is 2.60. The maximum Gasteiger partial charge on any atom is 0.312 e. The van der Waals surface area contributed by atoms with Gasteiger partial charge in [-0.1, -0.05) is 6.92 Å². The van der Waals surface area contributed by atoms with E-state index in [0.717, 1.165) is 12.8 Å². The minimum atomic E-state index is -0.469. The van der Waals surface area contributed by atoms with Crippen LogP contribution in [0.25, 0.3) is 0 Å². The van der Waals surface area contributed by atoms with E-state index in [-0.39, 0.29) is 23.2 Å². The van der Waals surface area contributed by atoms with Crippen LogP contribution in [0.3, 0.4) is 0 Å². The van der Waals surface area contributed by atoms with Crippen LogP contribution >= 0.6 is 0 Å². The van der Waals surface area contributed by atoms with E-state index in [1.54, 1.807) is 19.0 Å². The van der Waals surface area contributed by atoms with Crippen LogP contribution in [0.15, 0.2) is 0 Å². The fraction of sp³-hybridized carbons (Fsp3) is 0.833. The average molecular weight is 225 g/mol. The van der Waals surface area contributed by atoms with Crippen LogP contribution in [-0.4, -0.2) is 37.5 Å². The smallest absolute Gasteiger partial charge is 0.312 e. The Hall–Kier alpha value is -1.06. The molecule has 4 heteroatoms. The van der Waals surface area contributed by atoms with E-state index < -0.39 is 5.41 Å². The number of esters is 1. The molecule has 0 radical (unpaired) electrons. The molecule has 16 heavy (non-hydrogen) atoms. The fourth-order valence-corrected chi connectivity index (χ4v) is 3.10. The Morgan fingerprint density at radius 1 is 1.44 bits per heavy atom. The van der Waals surface area contributed by atoms with Crippen molar-refractivity contribution in [1.82, 2.24) is 4.90 Å². The highest BCUT2D eigenvalue weighted by molar-refractivity contribution is 5.86. The number of carbonyl (C=O) groups is 2. The van der Waals surface area contributed by atoms with Gasteiger partial charge in [0.1, 0.15) is 0 Å². The second-order valence-corrected chi connectivity index (χ2v) is 5.65. The van der Waals surface area contributed by atoms with E-state index >= 15 is 0 Å². The number of hydrogen-bond acceptors (Lipinski definition) is 3. The van der Waals surface area contributed by atoms with Crippen LogP contribution in [0.5, 0.6) is 0 Å². The van der Waals surface area contributed by atoms with Crippen LogP contribution in [0, 0.1) is 16.7 Å². The normalized spacial score (nSPS) is 41.8. The molecule has 3 atom stereocenters. The van der Waals surface area contributed by atoms with Gasteiger partial charge in [0.15, 0.2) is 0 Å². The van der Waals surface area contributed by atoms with Gasteiger partial charge in [0.05, 0.1) is 12.0 Å². The van der Waals surface area contributed by atoms with Crippen LogP contribution in [0.2, 0.25) is 0 Å². The van der Waals surface area contributed by atoms with Crippen molar-refractivity contribution in [3.05, 3.63) is 0 Å². The number of fused-ring (bicyclic) bond motifs is 1. The molecule has 1 saturated carbocycles. The molecule has 2 rings (SSSR count). The molecule has 0 aromatic rings.